The van der Waals surface area contributed by atoms with E-state index in [-0.39, 0.29) is 11.9 Å². The van der Waals surface area contributed by atoms with Gasteiger partial charge in [-0.3, -0.25) is 4.79 Å². The van der Waals surface area contributed by atoms with Crippen LogP contribution in [-0.2, 0) is 11.2 Å². The molecule has 2 N–H and O–H groups in total. The molecule has 1 unspecified atom stereocenters. The number of aromatic nitrogens is 1. The molecule has 5 heteroatoms. The van der Waals surface area contributed by atoms with Crippen LogP contribution in [0.2, 0.25) is 0 Å². The molecule has 0 aliphatic heterocycles. The maximum Gasteiger partial charge on any atom is 0.275 e. The van der Waals surface area contributed by atoms with Gasteiger partial charge in [0.15, 0.2) is 11.6 Å². The molecule has 4 nitrogen and oxygen atoms in total. The molecule has 136 valence electrons. The van der Waals surface area contributed by atoms with Crippen molar-refractivity contribution in [2.45, 2.75) is 25.8 Å². The Balaban J connectivity index is 1.44. The van der Waals surface area contributed by atoms with Crippen LogP contribution in [0, 0.1) is 0 Å². The van der Waals surface area contributed by atoms with E-state index in [1.165, 1.54) is 10.3 Å². The first kappa shape index (κ1) is 18.5. The van der Waals surface area contributed by atoms with Crippen LogP contribution in [0.25, 0.3) is 10.2 Å². The number of hydrogen-bond acceptors (Lipinski definition) is 3. The maximum absolute atomic E-state index is 12.2. The lowest BCUT2D eigenvalue weighted by atomic mass is 10.1. The Morgan fingerprint density at radius 2 is 1.88 bits per heavy atom. The minimum Gasteiger partial charge on any atom is -0.351 e. The first-order valence-electron chi connectivity index (χ1n) is 9.12. The van der Waals surface area contributed by atoms with Crippen LogP contribution >= 0.6 is 11.3 Å². The largest absolute Gasteiger partial charge is 0.351 e. The highest BCUT2D eigenvalue weighted by atomic mass is 32.1. The lowest BCUT2D eigenvalue weighted by Gasteiger charge is -2.19. The number of thiazole rings is 1. The van der Waals surface area contributed by atoms with Crippen LogP contribution in [-0.4, -0.2) is 31.0 Å². The normalized spacial score (nSPS) is 13.5. The third kappa shape index (κ3) is 4.90. The molecule has 0 aliphatic carbocycles. The molecule has 0 saturated carbocycles. The van der Waals surface area contributed by atoms with E-state index in [1.54, 1.807) is 11.3 Å². The molecule has 1 heterocycles. The lowest BCUT2D eigenvalue weighted by molar-refractivity contribution is -0.902. The molecule has 2 aromatic carbocycles. The SMILES string of the molecule is C[C@H](c1nc2ccccc2s1)[NH+](C)CC(=O)NCCCc1ccccc1. The van der Waals surface area contributed by atoms with Gasteiger partial charge < -0.3 is 10.2 Å². The molecule has 3 rings (SSSR count). The van der Waals surface area contributed by atoms with E-state index in [9.17, 15) is 4.79 Å². The van der Waals surface area contributed by atoms with Crippen LogP contribution in [0.15, 0.2) is 54.6 Å². The predicted octanol–water partition coefficient (Wildman–Crippen LogP) is 2.62. The average Bonchev–Trinajstić information content (AvgIpc) is 3.09. The number of rotatable bonds is 8. The quantitative estimate of drug-likeness (QED) is 0.601. The van der Waals surface area contributed by atoms with E-state index in [4.69, 9.17) is 4.98 Å². The molecule has 0 saturated heterocycles. The molecular weight excluding hydrogens is 342 g/mol. The lowest BCUT2D eigenvalue weighted by Crippen LogP contribution is -3.10. The molecule has 3 aromatic rings. The van der Waals surface area contributed by atoms with Crippen molar-refractivity contribution < 1.29 is 9.69 Å². The summed E-state index contributed by atoms with van der Waals surface area (Å²) in [6.07, 6.45) is 1.95. The first-order valence-corrected chi connectivity index (χ1v) is 9.93. The number of likely N-dealkylation sites (N-methyl/N-ethyl adjacent to an activating group) is 1. The Hall–Kier alpha value is -2.24. The number of benzene rings is 2. The van der Waals surface area contributed by atoms with Crippen molar-refractivity contribution in [3.8, 4) is 0 Å². The first-order chi connectivity index (χ1) is 12.6. The number of carbonyl (C=O) groups excluding carboxylic acids is 1. The number of para-hydroxylation sites is 1. The Labute approximate surface area is 158 Å². The van der Waals surface area contributed by atoms with Crippen LogP contribution in [0.5, 0.6) is 0 Å². The molecule has 26 heavy (non-hydrogen) atoms. The number of hydrogen-bond donors (Lipinski definition) is 2. The minimum absolute atomic E-state index is 0.100. The highest BCUT2D eigenvalue weighted by Crippen LogP contribution is 2.24. The Morgan fingerprint density at radius 1 is 1.15 bits per heavy atom. The number of nitrogens with zero attached hydrogens (tertiary/aromatic N) is 1. The second-order valence-corrected chi connectivity index (χ2v) is 7.77. The van der Waals surface area contributed by atoms with Crippen molar-refractivity contribution in [1.29, 1.82) is 0 Å². The fraction of sp³-hybridized carbons (Fsp3) is 0.333. The van der Waals surface area contributed by atoms with Gasteiger partial charge in [-0.1, -0.05) is 42.5 Å². The highest BCUT2D eigenvalue weighted by molar-refractivity contribution is 7.18. The van der Waals surface area contributed by atoms with Crippen molar-refractivity contribution in [2.24, 2.45) is 0 Å². The third-order valence-corrected chi connectivity index (χ3v) is 5.89. The summed E-state index contributed by atoms with van der Waals surface area (Å²) in [6.45, 7) is 3.31. The molecule has 0 bridgehead atoms. The number of amides is 1. The van der Waals surface area contributed by atoms with Gasteiger partial charge in [0, 0.05) is 6.54 Å². The number of nitrogens with one attached hydrogen (secondary N) is 2. The summed E-state index contributed by atoms with van der Waals surface area (Å²) < 4.78 is 1.20. The number of carbonyl (C=O) groups is 1. The van der Waals surface area contributed by atoms with Gasteiger partial charge in [-0.2, -0.15) is 0 Å². The van der Waals surface area contributed by atoms with Gasteiger partial charge in [0.25, 0.3) is 5.91 Å². The summed E-state index contributed by atoms with van der Waals surface area (Å²) in [7, 11) is 2.06. The van der Waals surface area contributed by atoms with E-state index in [2.05, 4.69) is 49.6 Å². The maximum atomic E-state index is 12.2. The van der Waals surface area contributed by atoms with Gasteiger partial charge in [0.2, 0.25) is 0 Å². The van der Waals surface area contributed by atoms with Gasteiger partial charge in [0.05, 0.1) is 17.3 Å². The van der Waals surface area contributed by atoms with Crippen molar-refractivity contribution >= 4 is 27.5 Å². The fourth-order valence-corrected chi connectivity index (χ4v) is 4.03. The van der Waals surface area contributed by atoms with Gasteiger partial charge in [-0.15, -0.1) is 11.3 Å². The summed E-state index contributed by atoms with van der Waals surface area (Å²) in [5.41, 5.74) is 2.35. The van der Waals surface area contributed by atoms with E-state index in [0.29, 0.717) is 6.54 Å². The van der Waals surface area contributed by atoms with Crippen molar-refractivity contribution in [1.82, 2.24) is 10.3 Å². The van der Waals surface area contributed by atoms with Crippen molar-refractivity contribution in [2.75, 3.05) is 20.1 Å². The fourth-order valence-electron chi connectivity index (χ4n) is 2.92. The molecule has 0 spiro atoms. The van der Waals surface area contributed by atoms with E-state index < -0.39 is 0 Å². The monoisotopic (exact) mass is 368 g/mol. The zero-order valence-electron chi connectivity index (χ0n) is 15.4. The molecule has 0 aliphatic rings. The number of aryl methyl sites for hydroxylation is 1. The zero-order chi connectivity index (χ0) is 18.4. The van der Waals surface area contributed by atoms with Gasteiger partial charge in [0.1, 0.15) is 6.04 Å². The minimum atomic E-state index is 0.100. The van der Waals surface area contributed by atoms with Crippen molar-refractivity contribution in [3.63, 3.8) is 0 Å². The predicted molar refractivity (Wildman–Crippen MR) is 108 cm³/mol. The molecule has 0 fully saturated rings. The summed E-state index contributed by atoms with van der Waals surface area (Å²) in [5, 5.41) is 4.12. The van der Waals surface area contributed by atoms with Crippen LogP contribution < -0.4 is 10.2 Å². The summed E-state index contributed by atoms with van der Waals surface area (Å²) >= 11 is 1.72. The van der Waals surface area contributed by atoms with Crippen LogP contribution in [0.1, 0.15) is 30.0 Å². The Kier molecular flexibility index (Phi) is 6.36. The number of quaternary nitrogens is 1. The molecular formula is C21H26N3OS+. The van der Waals surface area contributed by atoms with Crippen LogP contribution in [0.4, 0.5) is 0 Å². The Bertz CT molecular complexity index is 814. The smallest absolute Gasteiger partial charge is 0.275 e. The van der Waals surface area contributed by atoms with Gasteiger partial charge in [-0.25, -0.2) is 4.98 Å². The van der Waals surface area contributed by atoms with Crippen LogP contribution in [0.3, 0.4) is 0 Å². The summed E-state index contributed by atoms with van der Waals surface area (Å²) in [6, 6.07) is 18.8. The number of fused-ring (bicyclic) bond motifs is 1. The third-order valence-electron chi connectivity index (χ3n) is 4.67. The summed E-state index contributed by atoms with van der Waals surface area (Å²) in [4.78, 5) is 18.1. The second kappa shape index (κ2) is 8.92. The standard InChI is InChI=1S/C21H25N3OS/c1-16(21-23-18-12-6-7-13-19(18)26-21)24(2)15-20(25)22-14-8-11-17-9-4-3-5-10-17/h3-7,9-10,12-13,16H,8,11,14-15H2,1-2H3,(H,22,25)/p+1/t16-/m1/s1. The van der Waals surface area contributed by atoms with Crippen molar-refractivity contribution in [3.05, 3.63) is 65.2 Å². The van der Waals surface area contributed by atoms with E-state index in [0.717, 1.165) is 34.8 Å². The van der Waals surface area contributed by atoms with E-state index in [1.807, 2.05) is 24.3 Å². The molecule has 2 atom stereocenters. The average molecular weight is 369 g/mol. The van der Waals surface area contributed by atoms with Gasteiger partial charge >= 0.3 is 0 Å². The summed E-state index contributed by atoms with van der Waals surface area (Å²) in [5.74, 6) is 0.100. The zero-order valence-corrected chi connectivity index (χ0v) is 16.2. The molecule has 0 radical (unpaired) electrons. The van der Waals surface area contributed by atoms with Gasteiger partial charge in [-0.05, 0) is 37.5 Å². The molecule has 1 aromatic heterocycles. The Morgan fingerprint density at radius 3 is 2.65 bits per heavy atom. The highest BCUT2D eigenvalue weighted by Gasteiger charge is 2.21. The second-order valence-electron chi connectivity index (χ2n) is 6.70. The molecule has 1 amide bonds. The topological polar surface area (TPSA) is 46.4 Å². The van der Waals surface area contributed by atoms with E-state index >= 15 is 0 Å².